The summed E-state index contributed by atoms with van der Waals surface area (Å²) in [6.45, 7) is 14.3. The first-order valence-electron chi connectivity index (χ1n) is 9.82. The molecular formula is C20H36IN5. The van der Waals surface area contributed by atoms with Crippen molar-refractivity contribution in [2.75, 3.05) is 52.4 Å². The number of halogens is 1. The number of nitrogens with one attached hydrogen (secondary N) is 2. The van der Waals surface area contributed by atoms with Crippen LogP contribution >= 0.6 is 24.0 Å². The van der Waals surface area contributed by atoms with Crippen molar-refractivity contribution in [2.24, 2.45) is 4.99 Å². The molecule has 0 aromatic heterocycles. The van der Waals surface area contributed by atoms with Crippen LogP contribution in [0.1, 0.15) is 32.3 Å². The Morgan fingerprint density at radius 2 is 1.65 bits per heavy atom. The number of nitrogens with zero attached hydrogens (tertiary/aromatic N) is 3. The minimum atomic E-state index is 0. The molecule has 1 heterocycles. The number of rotatable bonds is 9. The van der Waals surface area contributed by atoms with Crippen molar-refractivity contribution in [3.05, 3.63) is 35.9 Å². The molecule has 1 aromatic carbocycles. The summed E-state index contributed by atoms with van der Waals surface area (Å²) < 4.78 is 0. The molecule has 6 heteroatoms. The van der Waals surface area contributed by atoms with Gasteiger partial charge in [-0.1, -0.05) is 37.3 Å². The van der Waals surface area contributed by atoms with Crippen LogP contribution in [0.5, 0.6) is 0 Å². The van der Waals surface area contributed by atoms with Crippen molar-refractivity contribution in [1.29, 1.82) is 0 Å². The van der Waals surface area contributed by atoms with E-state index in [0.717, 1.165) is 25.6 Å². The van der Waals surface area contributed by atoms with Crippen molar-refractivity contribution in [2.45, 2.75) is 33.2 Å². The topological polar surface area (TPSA) is 42.9 Å². The van der Waals surface area contributed by atoms with Crippen molar-refractivity contribution in [1.82, 2.24) is 20.4 Å². The van der Waals surface area contributed by atoms with E-state index in [1.165, 1.54) is 57.7 Å². The largest absolute Gasteiger partial charge is 0.357 e. The maximum atomic E-state index is 4.67. The zero-order chi connectivity index (χ0) is 17.7. The highest BCUT2D eigenvalue weighted by Crippen LogP contribution is 2.03. The number of hydrogen-bond acceptors (Lipinski definition) is 3. The minimum absolute atomic E-state index is 0. The summed E-state index contributed by atoms with van der Waals surface area (Å²) in [6.07, 6.45) is 2.43. The molecule has 0 amide bonds. The molecule has 2 rings (SSSR count). The lowest BCUT2D eigenvalue weighted by Gasteiger charge is -2.34. The molecule has 0 spiro atoms. The Morgan fingerprint density at radius 1 is 0.962 bits per heavy atom. The van der Waals surface area contributed by atoms with Crippen LogP contribution in [0.15, 0.2) is 35.3 Å². The van der Waals surface area contributed by atoms with Gasteiger partial charge in [-0.3, -0.25) is 0 Å². The fourth-order valence-electron chi connectivity index (χ4n) is 3.09. The van der Waals surface area contributed by atoms with Gasteiger partial charge in [0, 0.05) is 39.3 Å². The van der Waals surface area contributed by atoms with Gasteiger partial charge in [0.1, 0.15) is 0 Å². The molecule has 0 unspecified atom stereocenters. The lowest BCUT2D eigenvalue weighted by atomic mass is 10.2. The summed E-state index contributed by atoms with van der Waals surface area (Å²) in [5.41, 5.74) is 1.24. The van der Waals surface area contributed by atoms with E-state index < -0.39 is 0 Å². The van der Waals surface area contributed by atoms with Gasteiger partial charge in [-0.25, -0.2) is 4.99 Å². The molecule has 1 aromatic rings. The van der Waals surface area contributed by atoms with Gasteiger partial charge in [0.2, 0.25) is 0 Å². The van der Waals surface area contributed by atoms with Crippen LogP contribution in [-0.4, -0.2) is 68.1 Å². The molecule has 2 N–H and O–H groups in total. The predicted octanol–water partition coefficient (Wildman–Crippen LogP) is 2.78. The quantitative estimate of drug-likeness (QED) is 0.251. The third-order valence-corrected chi connectivity index (χ3v) is 4.71. The molecule has 0 saturated carbocycles. The Morgan fingerprint density at radius 3 is 2.31 bits per heavy atom. The highest BCUT2D eigenvalue weighted by atomic mass is 127. The molecule has 1 aliphatic rings. The predicted molar refractivity (Wildman–Crippen MR) is 122 cm³/mol. The van der Waals surface area contributed by atoms with Crippen molar-refractivity contribution in [3.8, 4) is 0 Å². The van der Waals surface area contributed by atoms with Crippen LogP contribution < -0.4 is 10.6 Å². The summed E-state index contributed by atoms with van der Waals surface area (Å²) in [6, 6.07) is 10.4. The van der Waals surface area contributed by atoms with E-state index in [1.54, 1.807) is 0 Å². The number of hydrogen-bond donors (Lipinski definition) is 2. The van der Waals surface area contributed by atoms with Crippen LogP contribution in [-0.2, 0) is 6.54 Å². The third-order valence-electron chi connectivity index (χ3n) is 4.71. The Kier molecular flexibility index (Phi) is 12.7. The Hall–Kier alpha value is -0.860. The minimum Gasteiger partial charge on any atom is -0.357 e. The number of piperazine rings is 1. The average Bonchev–Trinajstić information content (AvgIpc) is 2.67. The number of benzene rings is 1. The van der Waals surface area contributed by atoms with E-state index in [0.29, 0.717) is 0 Å². The molecule has 1 aliphatic heterocycles. The van der Waals surface area contributed by atoms with Crippen LogP contribution in [0.2, 0.25) is 0 Å². The molecule has 0 radical (unpaired) electrons. The smallest absolute Gasteiger partial charge is 0.191 e. The number of likely N-dealkylation sites (N-methyl/N-ethyl adjacent to an activating group) is 1. The third kappa shape index (κ3) is 9.19. The second-order valence-corrected chi connectivity index (χ2v) is 6.59. The molecule has 0 atom stereocenters. The lowest BCUT2D eigenvalue weighted by molar-refractivity contribution is 0.136. The molecule has 5 nitrogen and oxygen atoms in total. The zero-order valence-corrected chi connectivity index (χ0v) is 18.7. The molecule has 1 fully saturated rings. The molecule has 148 valence electrons. The summed E-state index contributed by atoms with van der Waals surface area (Å²) in [5, 5.41) is 6.78. The SMILES string of the molecule is CCNC(=NCc1ccccc1)NCCCCN1CCN(CC)CC1.I. The van der Waals surface area contributed by atoms with Crippen molar-refractivity contribution < 1.29 is 0 Å². The van der Waals surface area contributed by atoms with E-state index in [2.05, 4.69) is 63.5 Å². The first kappa shape index (κ1) is 23.2. The van der Waals surface area contributed by atoms with Gasteiger partial charge in [0.05, 0.1) is 6.54 Å². The van der Waals surface area contributed by atoms with E-state index in [-0.39, 0.29) is 24.0 Å². The van der Waals surface area contributed by atoms with Crippen molar-refractivity contribution in [3.63, 3.8) is 0 Å². The van der Waals surface area contributed by atoms with Gasteiger partial charge in [-0.2, -0.15) is 0 Å². The standard InChI is InChI=1S/C20H35N5.HI/c1-3-21-20(23-18-19-10-6-5-7-11-19)22-12-8-9-13-25-16-14-24(4-2)15-17-25;/h5-7,10-11H,3-4,8-9,12-18H2,1-2H3,(H2,21,22,23);1H. The van der Waals surface area contributed by atoms with E-state index >= 15 is 0 Å². The summed E-state index contributed by atoms with van der Waals surface area (Å²) >= 11 is 0. The Labute approximate surface area is 176 Å². The van der Waals surface area contributed by atoms with Gasteiger partial charge in [-0.15, -0.1) is 24.0 Å². The second kappa shape index (κ2) is 14.2. The first-order valence-corrected chi connectivity index (χ1v) is 9.82. The molecular weight excluding hydrogens is 437 g/mol. The van der Waals surface area contributed by atoms with E-state index in [9.17, 15) is 0 Å². The second-order valence-electron chi connectivity index (χ2n) is 6.59. The number of unbranched alkanes of at least 4 members (excludes halogenated alkanes) is 1. The van der Waals surface area contributed by atoms with Gasteiger partial charge >= 0.3 is 0 Å². The maximum Gasteiger partial charge on any atom is 0.191 e. The highest BCUT2D eigenvalue weighted by molar-refractivity contribution is 14.0. The zero-order valence-electron chi connectivity index (χ0n) is 16.4. The summed E-state index contributed by atoms with van der Waals surface area (Å²) in [7, 11) is 0. The fraction of sp³-hybridized carbons (Fsp3) is 0.650. The van der Waals surface area contributed by atoms with Crippen LogP contribution in [0.4, 0.5) is 0 Å². The highest BCUT2D eigenvalue weighted by Gasteiger charge is 2.14. The van der Waals surface area contributed by atoms with Gasteiger partial charge in [0.15, 0.2) is 5.96 Å². The fourth-order valence-corrected chi connectivity index (χ4v) is 3.09. The van der Waals surface area contributed by atoms with Crippen LogP contribution in [0.3, 0.4) is 0 Å². The first-order chi connectivity index (χ1) is 12.3. The van der Waals surface area contributed by atoms with Crippen LogP contribution in [0.25, 0.3) is 0 Å². The summed E-state index contributed by atoms with van der Waals surface area (Å²) in [5.74, 6) is 0.919. The number of guanidine groups is 1. The monoisotopic (exact) mass is 473 g/mol. The summed E-state index contributed by atoms with van der Waals surface area (Å²) in [4.78, 5) is 9.80. The Balaban J connectivity index is 0.00000338. The van der Waals surface area contributed by atoms with E-state index in [1.807, 2.05) is 6.07 Å². The molecule has 0 bridgehead atoms. The van der Waals surface area contributed by atoms with Crippen molar-refractivity contribution >= 4 is 29.9 Å². The van der Waals surface area contributed by atoms with Crippen LogP contribution in [0, 0.1) is 0 Å². The molecule has 26 heavy (non-hydrogen) atoms. The van der Waals surface area contributed by atoms with Gasteiger partial charge in [-0.05, 0) is 38.4 Å². The van der Waals surface area contributed by atoms with E-state index in [4.69, 9.17) is 0 Å². The molecule has 1 saturated heterocycles. The number of aliphatic imine (C=N–C) groups is 1. The van der Waals surface area contributed by atoms with Gasteiger partial charge < -0.3 is 20.4 Å². The Bertz CT molecular complexity index is 486. The average molecular weight is 473 g/mol. The van der Waals surface area contributed by atoms with Gasteiger partial charge in [0.25, 0.3) is 0 Å². The lowest BCUT2D eigenvalue weighted by Crippen LogP contribution is -2.46. The molecule has 0 aliphatic carbocycles. The maximum absolute atomic E-state index is 4.67. The normalized spacial score (nSPS) is 16.2.